The smallest absolute Gasteiger partial charge is 0.323 e. The van der Waals surface area contributed by atoms with Crippen molar-refractivity contribution in [3.05, 3.63) is 42.4 Å². The first-order valence-corrected chi connectivity index (χ1v) is 10.0. The first-order valence-electron chi connectivity index (χ1n) is 9.19. The largest absolute Gasteiger partial charge is 0.467 e. The molecule has 0 saturated heterocycles. The third kappa shape index (κ3) is 4.81. The molecular weight excluding hydrogens is 406 g/mol. The van der Waals surface area contributed by atoms with Crippen molar-refractivity contribution in [1.82, 2.24) is 19.9 Å². The Hall–Kier alpha value is -3.73. The zero-order valence-corrected chi connectivity index (χ0v) is 17.1. The molecule has 0 aliphatic heterocycles. The predicted octanol–water partition coefficient (Wildman–Crippen LogP) is 3.79. The van der Waals surface area contributed by atoms with Crippen molar-refractivity contribution in [3.63, 3.8) is 0 Å². The fourth-order valence-electron chi connectivity index (χ4n) is 2.60. The van der Waals surface area contributed by atoms with Crippen molar-refractivity contribution >= 4 is 50.2 Å². The Morgan fingerprint density at radius 2 is 2.03 bits per heavy atom. The van der Waals surface area contributed by atoms with Crippen molar-refractivity contribution in [1.29, 1.82) is 0 Å². The van der Waals surface area contributed by atoms with Gasteiger partial charge in [-0.3, -0.25) is 4.79 Å². The lowest BCUT2D eigenvalue weighted by Crippen LogP contribution is -2.09. The molecule has 0 atom stereocenters. The first-order chi connectivity index (χ1) is 14.6. The summed E-state index contributed by atoms with van der Waals surface area (Å²) in [4.78, 5) is 28.6. The fourth-order valence-corrected chi connectivity index (χ4v) is 3.55. The number of thiazole rings is 1. The van der Waals surface area contributed by atoms with Crippen molar-refractivity contribution in [3.8, 4) is 6.01 Å². The number of nitrogens with zero attached hydrogens (tertiary/aromatic N) is 4. The van der Waals surface area contributed by atoms with Crippen molar-refractivity contribution < 1.29 is 13.9 Å². The number of amides is 1. The van der Waals surface area contributed by atoms with E-state index in [-0.39, 0.29) is 11.9 Å². The van der Waals surface area contributed by atoms with Gasteiger partial charge in [-0.25, -0.2) is 4.98 Å². The number of hydrogen-bond acceptors (Lipinski definition) is 10. The van der Waals surface area contributed by atoms with Gasteiger partial charge in [0.1, 0.15) is 5.76 Å². The van der Waals surface area contributed by atoms with Crippen molar-refractivity contribution in [2.75, 3.05) is 22.6 Å². The lowest BCUT2D eigenvalue weighted by Gasteiger charge is -2.09. The molecule has 10 nitrogen and oxygen atoms in total. The van der Waals surface area contributed by atoms with Crippen LogP contribution in [0.4, 0.5) is 22.7 Å². The number of fused-ring (bicyclic) bond motifs is 1. The van der Waals surface area contributed by atoms with Crippen LogP contribution in [0.2, 0.25) is 0 Å². The molecule has 11 heteroatoms. The van der Waals surface area contributed by atoms with Crippen LogP contribution in [0.25, 0.3) is 10.2 Å². The average molecular weight is 425 g/mol. The first kappa shape index (κ1) is 19.6. The van der Waals surface area contributed by atoms with E-state index < -0.39 is 0 Å². The topological polar surface area (TPSA) is 127 Å². The number of carbonyl (C=O) groups is 1. The second-order valence-corrected chi connectivity index (χ2v) is 7.17. The standard InChI is InChI=1S/C19H19N7O3S/c1-3-28-18-25-16(20-10-13-5-4-8-29-13)24-17(26-18)22-12-6-7-14-15(9-12)30-19(23-14)21-11(2)27/h4-9H,3,10H2,1-2H3,(H,21,23,27)(H2,20,22,24,25,26). The number of anilines is 4. The average Bonchev–Trinajstić information content (AvgIpc) is 3.35. The maximum Gasteiger partial charge on any atom is 0.323 e. The quantitative estimate of drug-likeness (QED) is 0.386. The van der Waals surface area contributed by atoms with Gasteiger partial charge in [-0.15, -0.1) is 0 Å². The Morgan fingerprint density at radius 1 is 1.17 bits per heavy atom. The Morgan fingerprint density at radius 3 is 2.80 bits per heavy atom. The normalized spacial score (nSPS) is 10.7. The molecule has 154 valence electrons. The van der Waals surface area contributed by atoms with Gasteiger partial charge in [0.2, 0.25) is 17.8 Å². The molecule has 0 bridgehead atoms. The second kappa shape index (κ2) is 8.74. The molecule has 3 aromatic heterocycles. The molecule has 4 aromatic rings. The van der Waals surface area contributed by atoms with E-state index in [9.17, 15) is 4.79 Å². The molecule has 1 amide bonds. The van der Waals surface area contributed by atoms with Crippen LogP contribution in [-0.2, 0) is 11.3 Å². The molecule has 3 heterocycles. The van der Waals surface area contributed by atoms with Crippen molar-refractivity contribution in [2.45, 2.75) is 20.4 Å². The van der Waals surface area contributed by atoms with Crippen LogP contribution < -0.4 is 20.7 Å². The molecular formula is C19H19N7O3S. The molecule has 0 saturated carbocycles. The van der Waals surface area contributed by atoms with E-state index in [1.54, 1.807) is 6.26 Å². The van der Waals surface area contributed by atoms with Gasteiger partial charge in [-0.2, -0.15) is 15.0 Å². The Balaban J connectivity index is 1.55. The van der Waals surface area contributed by atoms with Gasteiger partial charge in [-0.1, -0.05) is 11.3 Å². The number of aromatic nitrogens is 4. The maximum absolute atomic E-state index is 11.2. The SMILES string of the molecule is CCOc1nc(NCc2ccco2)nc(Nc2ccc3nc(NC(C)=O)sc3c2)n1. The molecule has 0 spiro atoms. The van der Waals surface area contributed by atoms with E-state index in [1.807, 2.05) is 37.3 Å². The van der Waals surface area contributed by atoms with Crippen LogP contribution in [0.15, 0.2) is 41.0 Å². The lowest BCUT2D eigenvalue weighted by molar-refractivity contribution is -0.114. The summed E-state index contributed by atoms with van der Waals surface area (Å²) in [6.07, 6.45) is 1.61. The number of nitrogens with one attached hydrogen (secondary N) is 3. The Labute approximate surface area is 175 Å². The summed E-state index contributed by atoms with van der Waals surface area (Å²) >= 11 is 1.39. The minimum absolute atomic E-state index is 0.157. The van der Waals surface area contributed by atoms with Crippen LogP contribution >= 0.6 is 11.3 Å². The lowest BCUT2D eigenvalue weighted by atomic mass is 10.3. The van der Waals surface area contributed by atoms with Gasteiger partial charge in [0, 0.05) is 12.6 Å². The van der Waals surface area contributed by atoms with Crippen LogP contribution in [0.1, 0.15) is 19.6 Å². The highest BCUT2D eigenvalue weighted by molar-refractivity contribution is 7.22. The number of rotatable bonds is 8. The molecule has 0 radical (unpaired) electrons. The molecule has 0 fully saturated rings. The van der Waals surface area contributed by atoms with E-state index in [2.05, 4.69) is 35.9 Å². The van der Waals surface area contributed by atoms with Gasteiger partial charge >= 0.3 is 6.01 Å². The highest BCUT2D eigenvalue weighted by Crippen LogP contribution is 2.29. The van der Waals surface area contributed by atoms with Crippen LogP contribution in [0.3, 0.4) is 0 Å². The van der Waals surface area contributed by atoms with Crippen LogP contribution in [-0.4, -0.2) is 32.4 Å². The second-order valence-electron chi connectivity index (χ2n) is 6.14. The van der Waals surface area contributed by atoms with E-state index in [0.29, 0.717) is 30.2 Å². The van der Waals surface area contributed by atoms with Gasteiger partial charge < -0.3 is 25.1 Å². The molecule has 30 heavy (non-hydrogen) atoms. The highest BCUT2D eigenvalue weighted by atomic mass is 32.1. The van der Waals surface area contributed by atoms with Crippen LogP contribution in [0, 0.1) is 0 Å². The molecule has 0 aliphatic rings. The van der Waals surface area contributed by atoms with E-state index in [0.717, 1.165) is 21.7 Å². The monoisotopic (exact) mass is 425 g/mol. The fraction of sp³-hybridized carbons (Fsp3) is 0.211. The van der Waals surface area contributed by atoms with Gasteiger partial charge in [0.05, 0.1) is 29.6 Å². The third-order valence-electron chi connectivity index (χ3n) is 3.82. The van der Waals surface area contributed by atoms with E-state index in [1.165, 1.54) is 18.3 Å². The van der Waals surface area contributed by atoms with Crippen LogP contribution in [0.5, 0.6) is 6.01 Å². The van der Waals surface area contributed by atoms with Crippen molar-refractivity contribution in [2.24, 2.45) is 0 Å². The summed E-state index contributed by atoms with van der Waals surface area (Å²) in [5.41, 5.74) is 1.56. The molecule has 0 unspecified atom stereocenters. The summed E-state index contributed by atoms with van der Waals surface area (Å²) in [5, 5.41) is 9.52. The molecule has 4 rings (SSSR count). The van der Waals surface area contributed by atoms with Gasteiger partial charge in [0.25, 0.3) is 0 Å². The summed E-state index contributed by atoms with van der Waals surface area (Å²) < 4.78 is 11.7. The summed E-state index contributed by atoms with van der Waals surface area (Å²) in [6, 6.07) is 9.52. The number of benzene rings is 1. The Bertz CT molecular complexity index is 1160. The zero-order chi connectivity index (χ0) is 20.9. The molecule has 1 aromatic carbocycles. The summed E-state index contributed by atoms with van der Waals surface area (Å²) in [7, 11) is 0. The zero-order valence-electron chi connectivity index (χ0n) is 16.3. The number of carbonyl (C=O) groups excluding carboxylic acids is 1. The Kier molecular flexibility index (Phi) is 5.70. The third-order valence-corrected chi connectivity index (χ3v) is 4.75. The number of ether oxygens (including phenoxy) is 1. The van der Waals surface area contributed by atoms with E-state index in [4.69, 9.17) is 9.15 Å². The van der Waals surface area contributed by atoms with Gasteiger partial charge in [-0.05, 0) is 37.3 Å². The molecule has 0 aliphatic carbocycles. The summed E-state index contributed by atoms with van der Waals surface area (Å²) in [6.45, 7) is 4.17. The maximum atomic E-state index is 11.2. The van der Waals surface area contributed by atoms with E-state index >= 15 is 0 Å². The molecule has 3 N–H and O–H groups in total. The minimum Gasteiger partial charge on any atom is -0.467 e. The minimum atomic E-state index is -0.157. The highest BCUT2D eigenvalue weighted by Gasteiger charge is 2.10. The number of furan rings is 1. The number of hydrogen-bond donors (Lipinski definition) is 3. The summed E-state index contributed by atoms with van der Waals surface area (Å²) in [5.74, 6) is 1.30. The predicted molar refractivity (Wildman–Crippen MR) is 114 cm³/mol. The van der Waals surface area contributed by atoms with Gasteiger partial charge in [0.15, 0.2) is 5.13 Å².